The number of imidazole rings is 1. The van der Waals surface area contributed by atoms with Gasteiger partial charge in [0.15, 0.2) is 0 Å². The number of hydrogen-bond acceptors (Lipinski definition) is 4. The summed E-state index contributed by atoms with van der Waals surface area (Å²) < 4.78 is 8.03. The number of hydrogen-bond donors (Lipinski definition) is 1. The molecule has 1 aromatic heterocycles. The molecule has 2 aromatic rings. The highest BCUT2D eigenvalue weighted by molar-refractivity contribution is 5.61. The minimum absolute atomic E-state index is 0.215. The molecule has 1 atom stereocenters. The third-order valence-electron chi connectivity index (χ3n) is 3.93. The van der Waals surface area contributed by atoms with Crippen LogP contribution in [-0.4, -0.2) is 46.8 Å². The van der Waals surface area contributed by atoms with Gasteiger partial charge in [-0.05, 0) is 18.7 Å². The molecule has 0 bridgehead atoms. The van der Waals surface area contributed by atoms with E-state index < -0.39 is 0 Å². The van der Waals surface area contributed by atoms with Crippen LogP contribution < -0.4 is 5.73 Å². The molecule has 0 saturated carbocycles. The van der Waals surface area contributed by atoms with Crippen molar-refractivity contribution < 1.29 is 4.74 Å². The van der Waals surface area contributed by atoms with Gasteiger partial charge in [-0.15, -0.1) is 0 Å². The maximum atomic E-state index is 5.88. The predicted octanol–water partition coefficient (Wildman–Crippen LogP) is 1.85. The van der Waals surface area contributed by atoms with Crippen LogP contribution in [0, 0.1) is 0 Å². The summed E-state index contributed by atoms with van der Waals surface area (Å²) in [6.45, 7) is 6.90. The molecule has 1 fully saturated rings. The third kappa shape index (κ3) is 3.25. The first-order chi connectivity index (χ1) is 10.3. The van der Waals surface area contributed by atoms with E-state index in [4.69, 9.17) is 10.5 Å². The highest BCUT2D eigenvalue weighted by Crippen LogP contribution is 2.21. The van der Waals surface area contributed by atoms with E-state index in [2.05, 4.69) is 21.4 Å². The van der Waals surface area contributed by atoms with Crippen molar-refractivity contribution in [3.05, 3.63) is 36.7 Å². The monoisotopic (exact) mass is 286 g/mol. The molecule has 2 heterocycles. The molecule has 5 nitrogen and oxygen atoms in total. The largest absolute Gasteiger partial charge is 0.399 e. The van der Waals surface area contributed by atoms with E-state index in [0.717, 1.165) is 49.9 Å². The van der Waals surface area contributed by atoms with Crippen LogP contribution in [0.1, 0.15) is 6.92 Å². The fourth-order valence-corrected chi connectivity index (χ4v) is 2.79. The Morgan fingerprint density at radius 1 is 1.43 bits per heavy atom. The van der Waals surface area contributed by atoms with Crippen LogP contribution in [0.5, 0.6) is 0 Å². The molecule has 21 heavy (non-hydrogen) atoms. The van der Waals surface area contributed by atoms with Gasteiger partial charge < -0.3 is 15.0 Å². The Labute approximate surface area is 125 Å². The van der Waals surface area contributed by atoms with Crippen molar-refractivity contribution >= 4 is 5.69 Å². The predicted molar refractivity (Wildman–Crippen MR) is 83.9 cm³/mol. The van der Waals surface area contributed by atoms with Crippen LogP contribution in [-0.2, 0) is 11.3 Å². The van der Waals surface area contributed by atoms with Crippen molar-refractivity contribution in [2.24, 2.45) is 0 Å². The molecule has 1 aromatic carbocycles. The van der Waals surface area contributed by atoms with Gasteiger partial charge in [0, 0.05) is 36.7 Å². The molecular formula is C16H22N4O. The van der Waals surface area contributed by atoms with Gasteiger partial charge in [0.1, 0.15) is 5.82 Å². The minimum atomic E-state index is 0.215. The lowest BCUT2D eigenvalue weighted by molar-refractivity contribution is -0.0341. The highest BCUT2D eigenvalue weighted by Gasteiger charge is 2.20. The Bertz CT molecular complexity index is 595. The number of likely N-dealkylation sites (N-methyl/N-ethyl adjacent to an activating group) is 1. The van der Waals surface area contributed by atoms with E-state index >= 15 is 0 Å². The topological polar surface area (TPSA) is 56.3 Å². The van der Waals surface area contributed by atoms with E-state index in [1.54, 1.807) is 0 Å². The number of nitrogen functional groups attached to an aromatic ring is 1. The second kappa shape index (κ2) is 6.28. The van der Waals surface area contributed by atoms with Crippen molar-refractivity contribution in [2.75, 3.05) is 32.0 Å². The van der Waals surface area contributed by atoms with E-state index in [0.29, 0.717) is 0 Å². The number of aromatic nitrogens is 2. The van der Waals surface area contributed by atoms with Crippen LogP contribution in [0.4, 0.5) is 5.69 Å². The van der Waals surface area contributed by atoms with Crippen molar-refractivity contribution in [3.8, 4) is 11.4 Å². The van der Waals surface area contributed by atoms with Gasteiger partial charge >= 0.3 is 0 Å². The maximum absolute atomic E-state index is 5.88. The van der Waals surface area contributed by atoms with E-state index in [1.165, 1.54) is 0 Å². The zero-order valence-corrected chi connectivity index (χ0v) is 12.4. The molecule has 1 unspecified atom stereocenters. The zero-order chi connectivity index (χ0) is 14.7. The molecule has 0 aliphatic carbocycles. The van der Waals surface area contributed by atoms with Gasteiger partial charge in [0.25, 0.3) is 0 Å². The average Bonchev–Trinajstić information content (AvgIpc) is 2.95. The van der Waals surface area contributed by atoms with Crippen LogP contribution in [0.2, 0.25) is 0 Å². The van der Waals surface area contributed by atoms with E-state index in [1.807, 2.05) is 36.7 Å². The number of anilines is 1. The van der Waals surface area contributed by atoms with Gasteiger partial charge in [-0.25, -0.2) is 4.98 Å². The Morgan fingerprint density at radius 3 is 3.14 bits per heavy atom. The highest BCUT2D eigenvalue weighted by atomic mass is 16.5. The Hall–Kier alpha value is -1.85. The fraction of sp³-hybridized carbons (Fsp3) is 0.438. The Kier molecular flexibility index (Phi) is 4.22. The zero-order valence-electron chi connectivity index (χ0n) is 12.4. The number of benzene rings is 1. The molecular weight excluding hydrogens is 264 g/mol. The second-order valence-corrected chi connectivity index (χ2v) is 5.41. The Morgan fingerprint density at radius 2 is 2.33 bits per heavy atom. The Balaban J connectivity index is 1.76. The number of nitrogens with zero attached hydrogens (tertiary/aromatic N) is 3. The molecule has 112 valence electrons. The van der Waals surface area contributed by atoms with Gasteiger partial charge in [-0.1, -0.05) is 19.1 Å². The summed E-state index contributed by atoms with van der Waals surface area (Å²) in [5.41, 5.74) is 7.67. The van der Waals surface area contributed by atoms with Gasteiger partial charge in [0.05, 0.1) is 19.3 Å². The summed E-state index contributed by atoms with van der Waals surface area (Å²) in [6, 6.07) is 7.84. The number of ether oxygens (including phenoxy) is 1. The number of rotatable bonds is 4. The van der Waals surface area contributed by atoms with Crippen molar-refractivity contribution in [2.45, 2.75) is 19.6 Å². The first-order valence-corrected chi connectivity index (χ1v) is 7.47. The average molecular weight is 286 g/mol. The smallest absolute Gasteiger partial charge is 0.140 e. The second-order valence-electron chi connectivity index (χ2n) is 5.41. The molecule has 0 radical (unpaired) electrons. The molecule has 0 spiro atoms. The molecule has 1 aliphatic rings. The van der Waals surface area contributed by atoms with Crippen LogP contribution in [0.3, 0.4) is 0 Å². The summed E-state index contributed by atoms with van der Waals surface area (Å²) in [4.78, 5) is 6.89. The fourth-order valence-electron chi connectivity index (χ4n) is 2.79. The summed E-state index contributed by atoms with van der Waals surface area (Å²) in [7, 11) is 0. The molecule has 5 heteroatoms. The molecule has 1 saturated heterocycles. The number of nitrogens with two attached hydrogens (primary N) is 1. The SMILES string of the molecule is CCN1CCOC(Cn2ccnc2-c2cccc(N)c2)C1. The summed E-state index contributed by atoms with van der Waals surface area (Å²) >= 11 is 0. The third-order valence-corrected chi connectivity index (χ3v) is 3.93. The lowest BCUT2D eigenvalue weighted by Gasteiger charge is -2.32. The van der Waals surface area contributed by atoms with Crippen molar-refractivity contribution in [3.63, 3.8) is 0 Å². The van der Waals surface area contributed by atoms with Gasteiger partial charge in [-0.2, -0.15) is 0 Å². The lowest BCUT2D eigenvalue weighted by atomic mass is 10.2. The summed E-state index contributed by atoms with van der Waals surface area (Å²) in [5, 5.41) is 0. The van der Waals surface area contributed by atoms with Gasteiger partial charge in [-0.3, -0.25) is 4.90 Å². The van der Waals surface area contributed by atoms with Gasteiger partial charge in [0.2, 0.25) is 0 Å². The van der Waals surface area contributed by atoms with E-state index in [-0.39, 0.29) is 6.10 Å². The van der Waals surface area contributed by atoms with Crippen molar-refractivity contribution in [1.29, 1.82) is 0 Å². The first kappa shape index (κ1) is 14.1. The van der Waals surface area contributed by atoms with Crippen LogP contribution >= 0.6 is 0 Å². The van der Waals surface area contributed by atoms with Crippen molar-refractivity contribution in [1.82, 2.24) is 14.5 Å². The minimum Gasteiger partial charge on any atom is -0.399 e. The van der Waals surface area contributed by atoms with Crippen LogP contribution in [0.25, 0.3) is 11.4 Å². The first-order valence-electron chi connectivity index (χ1n) is 7.47. The standard InChI is InChI=1S/C16H22N4O/c1-2-19-8-9-21-15(11-19)12-20-7-6-18-16(20)13-4-3-5-14(17)10-13/h3-7,10,15H,2,8-9,11-12,17H2,1H3. The van der Waals surface area contributed by atoms with E-state index in [9.17, 15) is 0 Å². The molecule has 3 rings (SSSR count). The maximum Gasteiger partial charge on any atom is 0.140 e. The molecule has 0 amide bonds. The molecule has 2 N–H and O–H groups in total. The van der Waals surface area contributed by atoms with Crippen LogP contribution in [0.15, 0.2) is 36.7 Å². The lowest BCUT2D eigenvalue weighted by Crippen LogP contribution is -2.43. The quantitative estimate of drug-likeness (QED) is 0.872. The molecule has 1 aliphatic heterocycles. The summed E-state index contributed by atoms with van der Waals surface area (Å²) in [5.74, 6) is 0.944. The summed E-state index contributed by atoms with van der Waals surface area (Å²) in [6.07, 6.45) is 4.05. The normalized spacial score (nSPS) is 19.8. The number of morpholine rings is 1.